The first-order valence-corrected chi connectivity index (χ1v) is 12.1. The summed E-state index contributed by atoms with van der Waals surface area (Å²) in [6, 6.07) is 26.2. The van der Waals surface area contributed by atoms with Crippen molar-refractivity contribution < 1.29 is 14.3 Å². The fourth-order valence-corrected chi connectivity index (χ4v) is 5.36. The lowest BCUT2D eigenvalue weighted by atomic mass is 9.95. The molecule has 32 heavy (non-hydrogen) atoms. The molecule has 1 heterocycles. The summed E-state index contributed by atoms with van der Waals surface area (Å²) in [4.78, 5) is 15.6. The molecule has 3 aromatic rings. The van der Waals surface area contributed by atoms with Gasteiger partial charge in [-0.1, -0.05) is 73.7 Å². The molecule has 1 aliphatic rings. The Morgan fingerprint density at radius 1 is 1.03 bits per heavy atom. The topological polar surface area (TPSA) is 38.8 Å². The standard InChI is InChI=1S/C27H29NO3S/c1-3-23(21-12-8-5-9-13-21)26(29)28-16-17-32-27(28)22-14-15-24(30-2)25(18-22)31-19-20-10-6-4-7-11-20/h4-15,18,23,27H,3,16-17,19H2,1-2H3. The second kappa shape index (κ2) is 10.6. The lowest BCUT2D eigenvalue weighted by Crippen LogP contribution is -2.34. The SMILES string of the molecule is CCC(C(=O)N1CCSC1c1ccc(OC)c(OCc2ccccc2)c1)c1ccccc1. The van der Waals surface area contributed by atoms with Crippen LogP contribution in [0, 0.1) is 0 Å². The van der Waals surface area contributed by atoms with Crippen molar-refractivity contribution in [3.05, 3.63) is 95.6 Å². The van der Waals surface area contributed by atoms with E-state index in [4.69, 9.17) is 9.47 Å². The molecule has 3 aromatic carbocycles. The average Bonchev–Trinajstić information content (AvgIpc) is 3.34. The molecule has 1 aliphatic heterocycles. The van der Waals surface area contributed by atoms with Crippen LogP contribution in [0.5, 0.6) is 11.5 Å². The third-order valence-corrected chi connectivity index (χ3v) is 7.05. The first kappa shape index (κ1) is 22.3. The zero-order valence-corrected chi connectivity index (χ0v) is 19.4. The number of hydrogen-bond donors (Lipinski definition) is 0. The van der Waals surface area contributed by atoms with Crippen LogP contribution in [0.15, 0.2) is 78.9 Å². The average molecular weight is 448 g/mol. The van der Waals surface area contributed by atoms with Crippen molar-refractivity contribution in [2.75, 3.05) is 19.4 Å². The van der Waals surface area contributed by atoms with E-state index in [-0.39, 0.29) is 17.2 Å². The molecule has 2 atom stereocenters. The molecule has 2 unspecified atom stereocenters. The number of thioether (sulfide) groups is 1. The number of nitrogens with zero attached hydrogens (tertiary/aromatic N) is 1. The van der Waals surface area contributed by atoms with Crippen LogP contribution in [-0.4, -0.2) is 30.2 Å². The molecule has 1 saturated heterocycles. The highest BCUT2D eigenvalue weighted by molar-refractivity contribution is 7.99. The molecule has 0 bridgehead atoms. The van der Waals surface area contributed by atoms with E-state index >= 15 is 0 Å². The number of carbonyl (C=O) groups excluding carboxylic acids is 1. The highest BCUT2D eigenvalue weighted by atomic mass is 32.2. The van der Waals surface area contributed by atoms with Crippen LogP contribution >= 0.6 is 11.8 Å². The van der Waals surface area contributed by atoms with E-state index in [0.717, 1.165) is 35.4 Å². The van der Waals surface area contributed by atoms with Gasteiger partial charge in [0.25, 0.3) is 0 Å². The Bertz CT molecular complexity index is 1030. The van der Waals surface area contributed by atoms with Gasteiger partial charge >= 0.3 is 0 Å². The fraction of sp³-hybridized carbons (Fsp3) is 0.296. The van der Waals surface area contributed by atoms with Gasteiger partial charge in [0.05, 0.1) is 13.0 Å². The Labute approximate surface area is 194 Å². The molecule has 4 nitrogen and oxygen atoms in total. The summed E-state index contributed by atoms with van der Waals surface area (Å²) in [5.74, 6) is 2.39. The lowest BCUT2D eigenvalue weighted by molar-refractivity contribution is -0.133. The quantitative estimate of drug-likeness (QED) is 0.422. The molecular weight excluding hydrogens is 418 g/mol. The first-order chi connectivity index (χ1) is 15.7. The predicted octanol–water partition coefficient (Wildman–Crippen LogP) is 6.04. The molecule has 0 aliphatic carbocycles. The van der Waals surface area contributed by atoms with Crippen LogP contribution in [0.2, 0.25) is 0 Å². The number of methoxy groups -OCH3 is 1. The minimum Gasteiger partial charge on any atom is -0.493 e. The molecule has 0 aromatic heterocycles. The van der Waals surface area contributed by atoms with Crippen molar-refractivity contribution in [2.24, 2.45) is 0 Å². The minimum atomic E-state index is -0.121. The van der Waals surface area contributed by atoms with Crippen LogP contribution in [0.25, 0.3) is 0 Å². The molecule has 0 N–H and O–H groups in total. The van der Waals surface area contributed by atoms with E-state index in [1.54, 1.807) is 18.9 Å². The zero-order chi connectivity index (χ0) is 22.3. The number of rotatable bonds is 8. The zero-order valence-electron chi connectivity index (χ0n) is 18.6. The van der Waals surface area contributed by atoms with Crippen molar-refractivity contribution in [1.29, 1.82) is 0 Å². The maximum atomic E-state index is 13.5. The van der Waals surface area contributed by atoms with Crippen molar-refractivity contribution in [1.82, 2.24) is 4.90 Å². The first-order valence-electron chi connectivity index (χ1n) is 11.0. The summed E-state index contributed by atoms with van der Waals surface area (Å²) in [6.45, 7) is 3.30. The Morgan fingerprint density at radius 2 is 1.75 bits per heavy atom. The van der Waals surface area contributed by atoms with Crippen LogP contribution < -0.4 is 9.47 Å². The van der Waals surface area contributed by atoms with Crippen molar-refractivity contribution in [3.8, 4) is 11.5 Å². The Balaban J connectivity index is 1.55. The monoisotopic (exact) mass is 447 g/mol. The third-order valence-electron chi connectivity index (χ3n) is 5.79. The molecule has 0 spiro atoms. The second-order valence-electron chi connectivity index (χ2n) is 7.81. The summed E-state index contributed by atoms with van der Waals surface area (Å²) >= 11 is 1.80. The summed E-state index contributed by atoms with van der Waals surface area (Å²) in [5.41, 5.74) is 3.24. The molecule has 5 heteroatoms. The summed E-state index contributed by atoms with van der Waals surface area (Å²) in [6.07, 6.45) is 0.783. The van der Waals surface area contributed by atoms with Gasteiger partial charge in [-0.25, -0.2) is 0 Å². The summed E-state index contributed by atoms with van der Waals surface area (Å²) in [5, 5.41) is -0.0229. The van der Waals surface area contributed by atoms with E-state index in [9.17, 15) is 4.79 Å². The van der Waals surface area contributed by atoms with E-state index < -0.39 is 0 Å². The fourth-order valence-electron chi connectivity index (χ4n) is 4.11. The highest BCUT2D eigenvalue weighted by Crippen LogP contribution is 2.42. The van der Waals surface area contributed by atoms with Crippen LogP contribution in [0.1, 0.15) is 41.3 Å². The van der Waals surface area contributed by atoms with Crippen molar-refractivity contribution >= 4 is 17.7 Å². The van der Waals surface area contributed by atoms with Gasteiger partial charge < -0.3 is 14.4 Å². The normalized spacial score (nSPS) is 16.6. The molecule has 166 valence electrons. The Morgan fingerprint density at radius 3 is 2.44 bits per heavy atom. The van der Waals surface area contributed by atoms with Gasteiger partial charge in [0.1, 0.15) is 12.0 Å². The Kier molecular flexibility index (Phi) is 7.38. The highest BCUT2D eigenvalue weighted by Gasteiger charge is 2.35. The summed E-state index contributed by atoms with van der Waals surface area (Å²) < 4.78 is 11.6. The molecule has 0 saturated carbocycles. The van der Waals surface area contributed by atoms with E-state index in [2.05, 4.69) is 6.92 Å². The van der Waals surface area contributed by atoms with Gasteiger partial charge in [-0.2, -0.15) is 0 Å². The van der Waals surface area contributed by atoms with E-state index in [1.165, 1.54) is 0 Å². The number of carbonyl (C=O) groups is 1. The molecule has 1 amide bonds. The van der Waals surface area contributed by atoms with Crippen LogP contribution in [0.3, 0.4) is 0 Å². The third kappa shape index (κ3) is 4.94. The molecule has 0 radical (unpaired) electrons. The molecule has 1 fully saturated rings. The maximum absolute atomic E-state index is 13.5. The van der Waals surface area contributed by atoms with Gasteiger partial charge in [0.2, 0.25) is 5.91 Å². The van der Waals surface area contributed by atoms with Gasteiger partial charge in [-0.15, -0.1) is 11.8 Å². The van der Waals surface area contributed by atoms with Crippen molar-refractivity contribution in [2.45, 2.75) is 31.2 Å². The van der Waals surface area contributed by atoms with Gasteiger partial charge in [-0.3, -0.25) is 4.79 Å². The van der Waals surface area contributed by atoms with Gasteiger partial charge in [-0.05, 0) is 35.2 Å². The smallest absolute Gasteiger partial charge is 0.231 e. The second-order valence-corrected chi connectivity index (χ2v) is 9.00. The predicted molar refractivity (Wildman–Crippen MR) is 130 cm³/mol. The van der Waals surface area contributed by atoms with Gasteiger partial charge in [0.15, 0.2) is 11.5 Å². The summed E-state index contributed by atoms with van der Waals surface area (Å²) in [7, 11) is 1.65. The van der Waals surface area contributed by atoms with Gasteiger partial charge in [0, 0.05) is 12.3 Å². The molecule has 4 rings (SSSR count). The van der Waals surface area contributed by atoms with E-state index in [0.29, 0.717) is 18.1 Å². The van der Waals surface area contributed by atoms with Crippen LogP contribution in [0.4, 0.5) is 0 Å². The molecular formula is C27H29NO3S. The largest absolute Gasteiger partial charge is 0.493 e. The number of ether oxygens (including phenoxy) is 2. The number of amides is 1. The minimum absolute atomic E-state index is 0.0229. The van der Waals surface area contributed by atoms with Crippen molar-refractivity contribution in [3.63, 3.8) is 0 Å². The maximum Gasteiger partial charge on any atom is 0.231 e. The number of benzene rings is 3. The number of hydrogen-bond acceptors (Lipinski definition) is 4. The van der Waals surface area contributed by atoms with E-state index in [1.807, 2.05) is 83.8 Å². The Hall–Kier alpha value is -2.92. The lowest BCUT2D eigenvalue weighted by Gasteiger charge is -2.28. The van der Waals surface area contributed by atoms with Crippen LogP contribution in [-0.2, 0) is 11.4 Å².